The maximum Gasteiger partial charge on any atom is 0.241 e. The van der Waals surface area contributed by atoms with Crippen molar-refractivity contribution in [3.05, 3.63) is 153 Å². The number of aromatic nitrogens is 2. The van der Waals surface area contributed by atoms with Gasteiger partial charge in [-0.05, 0) is 158 Å². The van der Waals surface area contributed by atoms with E-state index in [2.05, 4.69) is 125 Å². The maximum atomic E-state index is 12.8. The molecule has 95 heavy (non-hydrogen) atoms. The van der Waals surface area contributed by atoms with Crippen LogP contribution in [0.1, 0.15) is 106 Å². The van der Waals surface area contributed by atoms with E-state index in [1.165, 1.54) is 48.6 Å². The fourth-order valence-corrected chi connectivity index (χ4v) is 10.2. The number of likely N-dealkylation sites (N-methyl/N-ethyl adjacent to an activating group) is 2. The summed E-state index contributed by atoms with van der Waals surface area (Å²) in [7, 11) is 19.4. The van der Waals surface area contributed by atoms with Crippen molar-refractivity contribution in [2.24, 2.45) is 25.6 Å². The van der Waals surface area contributed by atoms with Crippen molar-refractivity contribution in [1.29, 1.82) is 5.26 Å². The summed E-state index contributed by atoms with van der Waals surface area (Å²) in [5.41, 5.74) is 23.0. The van der Waals surface area contributed by atoms with Crippen molar-refractivity contribution in [2.45, 2.75) is 97.9 Å². The smallest absolute Gasteiger partial charge is 0.241 e. The Kier molecular flexibility index (Phi) is 42.1. The number of aldehydes is 3. The van der Waals surface area contributed by atoms with E-state index >= 15 is 0 Å². The molecule has 0 spiro atoms. The van der Waals surface area contributed by atoms with Crippen LogP contribution in [-0.2, 0) is 68.9 Å². The van der Waals surface area contributed by atoms with E-state index < -0.39 is 0 Å². The second-order valence-corrected chi connectivity index (χ2v) is 23.3. The second-order valence-electron chi connectivity index (χ2n) is 22.9. The van der Waals surface area contributed by atoms with Gasteiger partial charge in [-0.3, -0.25) is 33.7 Å². The topological polar surface area (TPSA) is 313 Å². The first-order chi connectivity index (χ1) is 45.5. The zero-order valence-electron chi connectivity index (χ0n) is 58.3. The Hall–Kier alpha value is -8.57. The number of nitrogens with two attached hydrogens (primary N) is 2. The van der Waals surface area contributed by atoms with E-state index in [-0.39, 0.29) is 36.7 Å². The number of ether oxygens (including phenoxy) is 1. The van der Waals surface area contributed by atoms with Gasteiger partial charge in [-0.15, -0.1) is 0 Å². The molecule has 23 nitrogen and oxygen atoms in total. The Morgan fingerprint density at radius 2 is 1.51 bits per heavy atom. The summed E-state index contributed by atoms with van der Waals surface area (Å²) in [5.74, 6) is -0.188. The number of nitrogens with one attached hydrogen (secondary N) is 6. The van der Waals surface area contributed by atoms with Crippen LogP contribution in [0.3, 0.4) is 0 Å². The van der Waals surface area contributed by atoms with Crippen molar-refractivity contribution in [2.75, 3.05) is 106 Å². The summed E-state index contributed by atoms with van der Waals surface area (Å²) in [5, 5.41) is 35.4. The largest absolute Gasteiger partial charge is 0.508 e. The summed E-state index contributed by atoms with van der Waals surface area (Å²) in [6, 6.07) is 33.3. The molecule has 0 fully saturated rings. The lowest BCUT2D eigenvalue weighted by atomic mass is 9.92. The van der Waals surface area contributed by atoms with E-state index in [0.717, 1.165) is 95.8 Å². The van der Waals surface area contributed by atoms with Crippen LogP contribution in [0.25, 0.3) is 11.3 Å². The first-order valence-corrected chi connectivity index (χ1v) is 32.0. The van der Waals surface area contributed by atoms with Gasteiger partial charge in [-0.1, -0.05) is 62.2 Å². The molecular weight excluding hydrogens is 1230 g/mol. The molecule has 2 atom stereocenters. The van der Waals surface area contributed by atoms with Crippen LogP contribution < -0.4 is 48.3 Å². The Labute approximate surface area is 568 Å². The maximum absolute atomic E-state index is 12.8. The van der Waals surface area contributed by atoms with Gasteiger partial charge < -0.3 is 76.5 Å². The van der Waals surface area contributed by atoms with E-state index in [9.17, 15) is 38.7 Å². The van der Waals surface area contributed by atoms with Crippen molar-refractivity contribution < 1.29 is 47.9 Å². The van der Waals surface area contributed by atoms with Gasteiger partial charge in [0.15, 0.2) is 12.6 Å². The molecule has 7 rings (SSSR count). The van der Waals surface area contributed by atoms with Gasteiger partial charge in [-0.25, -0.2) is 0 Å². The average molecular weight is 1340 g/mol. The highest BCUT2D eigenvalue weighted by molar-refractivity contribution is 6.31. The third kappa shape index (κ3) is 29.7. The number of fused-ring (bicyclic) bond motifs is 1. The van der Waals surface area contributed by atoms with Gasteiger partial charge in [0.2, 0.25) is 24.6 Å². The predicted octanol–water partition coefficient (Wildman–Crippen LogP) is 7.46. The van der Waals surface area contributed by atoms with Crippen LogP contribution in [0, 0.1) is 25.2 Å². The van der Waals surface area contributed by atoms with Gasteiger partial charge >= 0.3 is 0 Å². The molecule has 0 unspecified atom stereocenters. The van der Waals surface area contributed by atoms with Crippen LogP contribution in [0.4, 0.5) is 17.1 Å². The Balaban J connectivity index is 0.000000669. The third-order valence-electron chi connectivity index (χ3n) is 15.3. The SMILES string of the molecule is CCC.CN.CNCc1cc(NC(=O)[C@H](CCCNC=O)NC)ccc1C[N+](C)(C)CCC[C@@H]1Cc2ccccc2CN1C.COCCN.Cc1c(C=O)cc(-c2cc(Cl)ccc2C=O)n1C.Cc1c(N(C)c2ccc(O)cc2)cc(C#N)n1C.O=CCNC(=O)CNC=O. The molecule has 0 aliphatic carbocycles. The number of quaternary nitrogens is 1. The number of anilines is 3. The van der Waals surface area contributed by atoms with Gasteiger partial charge in [0.05, 0.1) is 52.1 Å². The number of aromatic hydroxyl groups is 1. The van der Waals surface area contributed by atoms with E-state index in [0.29, 0.717) is 73.1 Å². The van der Waals surface area contributed by atoms with Crippen LogP contribution in [-0.4, -0.2) is 175 Å². The van der Waals surface area contributed by atoms with E-state index in [1.54, 1.807) is 50.6 Å². The molecule has 11 N–H and O–H groups in total. The molecule has 0 saturated heterocycles. The quantitative estimate of drug-likeness (QED) is 0.0131. The first kappa shape index (κ1) is 84.4. The number of hydrogen-bond acceptors (Lipinski definition) is 16. The molecule has 3 heterocycles. The molecule has 1 aliphatic heterocycles. The minimum atomic E-state index is -0.376. The fourth-order valence-electron chi connectivity index (χ4n) is 10.0. The number of nitriles is 1. The Morgan fingerprint density at radius 1 is 0.853 bits per heavy atom. The minimum absolute atomic E-state index is 0.0145. The van der Waals surface area contributed by atoms with Crippen LogP contribution in [0.2, 0.25) is 5.02 Å². The number of amides is 4. The van der Waals surface area contributed by atoms with Gasteiger partial charge in [0.1, 0.15) is 30.3 Å². The standard InChI is InChI=1S/C31H48N6O2.C14H12ClNO2.C14H15N3O.C5H8N2O3.C3H9NO.C3H8.CH5N/c1-32-20-27-18-28(35-31(39)30(33-2)13-8-16-34-23-38)15-14-26(27)22-37(4,5)17-9-12-29-19-24-10-6-7-11-25(24)21-36(29)3;1-9-11(8-18)5-14(16(9)2)13-6-12(15)4-3-10(13)7-17;1-10-14(8-12(9-15)16(10)2)17(3)11-4-6-13(18)7-5-11;8-2-1-7-5(10)3-6-4-9;1-5-3-2-4;1-3-2;1-2/h6-7,10-11,14-15,18,23,29-30,32-33H,8-9,12-13,16-17,19-22H2,1-5H3,(H-,34,35,38,39);3-8H,1-2H3;4-8,18H,1-3H3;2,4H,1,3H2,(H,6,9)(H,7,10);2-4H2,1H3;3H2,1-2H3;2H2,1H3/p+1/t29-,30+;;;;;;/m1....../s1. The van der Waals surface area contributed by atoms with Crippen LogP contribution >= 0.6 is 11.6 Å². The Morgan fingerprint density at radius 3 is 2.05 bits per heavy atom. The molecule has 0 saturated carbocycles. The number of rotatable bonds is 28. The highest BCUT2D eigenvalue weighted by Crippen LogP contribution is 2.32. The average Bonchev–Trinajstić information content (AvgIpc) is 1.73. The molecule has 1 aliphatic rings. The zero-order valence-corrected chi connectivity index (χ0v) is 59.1. The second kappa shape index (κ2) is 47.3. The number of phenols is 1. The number of methoxy groups -OCH3 is 1. The third-order valence-corrected chi connectivity index (χ3v) is 15.5. The number of carbonyl (C=O) groups excluding carboxylic acids is 7. The number of benzene rings is 4. The van der Waals surface area contributed by atoms with Crippen molar-refractivity contribution >= 4 is 72.2 Å². The minimum Gasteiger partial charge on any atom is -0.508 e. The van der Waals surface area contributed by atoms with E-state index in [1.807, 2.05) is 80.3 Å². The lowest BCUT2D eigenvalue weighted by Crippen LogP contribution is -2.42. The number of hydrogen-bond donors (Lipinski definition) is 9. The lowest BCUT2D eigenvalue weighted by molar-refractivity contribution is -0.903. The summed E-state index contributed by atoms with van der Waals surface area (Å²) >= 11 is 5.96. The molecule has 0 bridgehead atoms. The fraction of sp³-hybridized carbons (Fsp3) is 0.437. The number of phenolic OH excluding ortho intramolecular Hbond substituents is 1. The monoisotopic (exact) mass is 1330 g/mol. The molecule has 24 heteroatoms. The van der Waals surface area contributed by atoms with Crippen molar-refractivity contribution in [3.63, 3.8) is 0 Å². The highest BCUT2D eigenvalue weighted by Gasteiger charge is 2.26. The first-order valence-electron chi connectivity index (χ1n) is 31.6. The molecule has 0 radical (unpaired) electrons. The van der Waals surface area contributed by atoms with Gasteiger partial charge in [0, 0.05) is 116 Å². The van der Waals surface area contributed by atoms with Gasteiger partial charge in [0.25, 0.3) is 0 Å². The molecular formula is C71H106ClN14O9+. The normalized spacial score (nSPS) is 12.1. The van der Waals surface area contributed by atoms with Crippen LogP contribution in [0.5, 0.6) is 5.75 Å². The number of nitrogens with zero attached hydrogens (tertiary/aromatic N) is 6. The summed E-state index contributed by atoms with van der Waals surface area (Å²) < 4.78 is 9.23. The summed E-state index contributed by atoms with van der Waals surface area (Å²) in [6.45, 7) is 13.7. The predicted molar refractivity (Wildman–Crippen MR) is 382 cm³/mol. The highest BCUT2D eigenvalue weighted by atomic mass is 35.5. The van der Waals surface area contributed by atoms with Crippen LogP contribution in [0.15, 0.2) is 97.1 Å². The zero-order chi connectivity index (χ0) is 71.5. The number of halogens is 1. The molecule has 4 aromatic carbocycles. The van der Waals surface area contributed by atoms with E-state index in [4.69, 9.17) is 22.6 Å². The molecule has 6 aromatic rings. The van der Waals surface area contributed by atoms with Crippen molar-refractivity contribution in [1.82, 2.24) is 40.6 Å². The lowest BCUT2D eigenvalue weighted by Gasteiger charge is -2.36. The molecule has 4 amide bonds. The summed E-state index contributed by atoms with van der Waals surface area (Å²) in [6.07, 6.45) is 9.44. The molecule has 2 aromatic heterocycles. The Bertz CT molecular complexity index is 3290. The number of carbonyl (C=O) groups is 7. The van der Waals surface area contributed by atoms with Gasteiger partial charge in [-0.2, -0.15) is 5.26 Å². The summed E-state index contributed by atoms with van der Waals surface area (Å²) in [4.78, 5) is 79.6. The van der Waals surface area contributed by atoms with Crippen molar-refractivity contribution in [3.8, 4) is 23.1 Å². The molecule has 520 valence electrons.